The summed E-state index contributed by atoms with van der Waals surface area (Å²) in [4.78, 5) is 32.1. The van der Waals surface area contributed by atoms with E-state index in [0.29, 0.717) is 24.5 Å². The number of hydrogen-bond donors (Lipinski definition) is 0. The van der Waals surface area contributed by atoms with Crippen LogP contribution in [0.4, 0.5) is 0 Å². The Labute approximate surface area is 194 Å². The van der Waals surface area contributed by atoms with E-state index in [1.807, 2.05) is 52.6 Å². The number of piperidine rings is 1. The summed E-state index contributed by atoms with van der Waals surface area (Å²) in [6.07, 6.45) is 1.83. The molecule has 0 atom stereocenters. The Kier molecular flexibility index (Phi) is 6.86. The zero-order chi connectivity index (χ0) is 22.8. The van der Waals surface area contributed by atoms with Crippen molar-refractivity contribution in [2.24, 2.45) is 5.92 Å². The number of hydrogen-bond acceptors (Lipinski definition) is 4. The van der Waals surface area contributed by atoms with Crippen molar-refractivity contribution in [3.05, 3.63) is 46.2 Å². The number of aryl methyl sites for hydroxylation is 1. The van der Waals surface area contributed by atoms with Gasteiger partial charge in [0.15, 0.2) is 0 Å². The molecule has 0 saturated carbocycles. The van der Waals surface area contributed by atoms with Crippen molar-refractivity contribution in [1.82, 2.24) is 24.5 Å². The van der Waals surface area contributed by atoms with Gasteiger partial charge in [-0.05, 0) is 58.0 Å². The third-order valence-electron chi connectivity index (χ3n) is 6.85. The molecule has 4 rings (SSSR count). The summed E-state index contributed by atoms with van der Waals surface area (Å²) in [5.74, 6) is 0.414. The lowest BCUT2D eigenvalue weighted by Gasteiger charge is -2.37. The van der Waals surface area contributed by atoms with E-state index in [1.54, 1.807) is 0 Å². The molecule has 8 heteroatoms. The van der Waals surface area contributed by atoms with E-state index < -0.39 is 0 Å². The molecule has 2 saturated heterocycles. The fourth-order valence-electron chi connectivity index (χ4n) is 4.69. The van der Waals surface area contributed by atoms with Crippen molar-refractivity contribution in [1.29, 1.82) is 0 Å². The van der Waals surface area contributed by atoms with Gasteiger partial charge in [0.25, 0.3) is 0 Å². The Morgan fingerprint density at radius 3 is 2.22 bits per heavy atom. The largest absolute Gasteiger partial charge is 0.342 e. The first-order valence-corrected chi connectivity index (χ1v) is 11.8. The van der Waals surface area contributed by atoms with Crippen LogP contribution in [0.3, 0.4) is 0 Å². The van der Waals surface area contributed by atoms with Crippen molar-refractivity contribution < 1.29 is 9.59 Å². The van der Waals surface area contributed by atoms with Crippen LogP contribution in [0.1, 0.15) is 29.8 Å². The third kappa shape index (κ3) is 4.84. The summed E-state index contributed by atoms with van der Waals surface area (Å²) in [5.41, 5.74) is 3.74. The number of nitrogens with zero attached hydrogens (tertiary/aromatic N) is 5. The second kappa shape index (κ2) is 9.63. The quantitative estimate of drug-likeness (QED) is 0.708. The number of benzene rings is 1. The van der Waals surface area contributed by atoms with Crippen LogP contribution in [-0.4, -0.2) is 82.6 Å². The van der Waals surface area contributed by atoms with Crippen LogP contribution in [0.5, 0.6) is 0 Å². The van der Waals surface area contributed by atoms with Crippen molar-refractivity contribution in [3.8, 4) is 5.69 Å². The summed E-state index contributed by atoms with van der Waals surface area (Å²) < 4.78 is 1.87. The summed E-state index contributed by atoms with van der Waals surface area (Å²) >= 11 is 6.00. The normalized spacial score (nSPS) is 18.2. The van der Waals surface area contributed by atoms with E-state index in [1.165, 1.54) is 0 Å². The van der Waals surface area contributed by atoms with Gasteiger partial charge in [0.05, 0.1) is 17.8 Å². The van der Waals surface area contributed by atoms with Gasteiger partial charge in [-0.3, -0.25) is 9.59 Å². The molecule has 3 heterocycles. The van der Waals surface area contributed by atoms with Crippen LogP contribution in [0.15, 0.2) is 24.3 Å². The van der Waals surface area contributed by atoms with E-state index in [2.05, 4.69) is 17.0 Å². The first-order chi connectivity index (χ1) is 15.3. The van der Waals surface area contributed by atoms with Crippen LogP contribution in [0.2, 0.25) is 5.02 Å². The molecule has 0 aliphatic carbocycles. The number of carbonyl (C=O) groups is 2. The minimum Gasteiger partial charge on any atom is -0.342 e. The molecule has 7 nitrogen and oxygen atoms in total. The van der Waals surface area contributed by atoms with E-state index in [4.69, 9.17) is 11.6 Å². The molecule has 2 aliphatic heterocycles. The topological polar surface area (TPSA) is 61.7 Å². The Hall–Kier alpha value is -2.38. The predicted octanol–water partition coefficient (Wildman–Crippen LogP) is 2.70. The zero-order valence-electron chi connectivity index (χ0n) is 19.2. The van der Waals surface area contributed by atoms with Crippen molar-refractivity contribution >= 4 is 23.4 Å². The Morgan fingerprint density at radius 1 is 0.969 bits per heavy atom. The first kappa shape index (κ1) is 22.8. The van der Waals surface area contributed by atoms with Crippen LogP contribution in [0.25, 0.3) is 5.69 Å². The summed E-state index contributed by atoms with van der Waals surface area (Å²) in [6.45, 7) is 8.73. The van der Waals surface area contributed by atoms with Crippen molar-refractivity contribution in [2.75, 3.05) is 46.3 Å². The maximum atomic E-state index is 13.0. The molecule has 2 aliphatic rings. The summed E-state index contributed by atoms with van der Waals surface area (Å²) in [7, 11) is 2.09. The molecular formula is C24H32ClN5O2. The second-order valence-corrected chi connectivity index (χ2v) is 9.43. The maximum Gasteiger partial charge on any atom is 0.227 e. The van der Waals surface area contributed by atoms with E-state index in [0.717, 1.165) is 61.7 Å². The average molecular weight is 458 g/mol. The van der Waals surface area contributed by atoms with Gasteiger partial charge in [-0.25, -0.2) is 4.68 Å². The highest BCUT2D eigenvalue weighted by molar-refractivity contribution is 6.30. The molecule has 0 N–H and O–H groups in total. The molecule has 2 fully saturated rings. The molecule has 0 bridgehead atoms. The SMILES string of the molecule is Cc1nn(-c2ccc(Cl)cc2)c(C)c1CC(=O)N1CCC(C(=O)N2CCN(C)CC2)CC1. The fraction of sp³-hybridized carbons (Fsp3) is 0.542. The minimum atomic E-state index is 0.0404. The highest BCUT2D eigenvalue weighted by Crippen LogP contribution is 2.24. The van der Waals surface area contributed by atoms with Gasteiger partial charge < -0.3 is 14.7 Å². The maximum absolute atomic E-state index is 13.0. The smallest absolute Gasteiger partial charge is 0.227 e. The first-order valence-electron chi connectivity index (χ1n) is 11.4. The average Bonchev–Trinajstić information content (AvgIpc) is 3.08. The van der Waals surface area contributed by atoms with Gasteiger partial charge in [-0.15, -0.1) is 0 Å². The van der Waals surface area contributed by atoms with Crippen LogP contribution in [0, 0.1) is 19.8 Å². The molecule has 2 amide bonds. The molecule has 1 aromatic carbocycles. The van der Waals surface area contributed by atoms with Crippen molar-refractivity contribution in [2.45, 2.75) is 33.1 Å². The lowest BCUT2D eigenvalue weighted by Crippen LogP contribution is -2.51. The number of amides is 2. The molecule has 0 spiro atoms. The number of halogens is 1. The number of carbonyl (C=O) groups excluding carboxylic acids is 2. The lowest BCUT2D eigenvalue weighted by atomic mass is 9.94. The third-order valence-corrected chi connectivity index (χ3v) is 7.10. The molecule has 2 aromatic rings. The molecule has 32 heavy (non-hydrogen) atoms. The molecule has 1 aromatic heterocycles. The Balaban J connectivity index is 1.35. The highest BCUT2D eigenvalue weighted by Gasteiger charge is 2.31. The standard InChI is InChI=1S/C24H32ClN5O2/c1-17-22(18(2)30(26-17)21-6-4-20(25)5-7-21)16-23(31)28-10-8-19(9-11-28)24(32)29-14-12-27(3)13-15-29/h4-7,19H,8-16H2,1-3H3. The Morgan fingerprint density at radius 2 is 1.59 bits per heavy atom. The number of aromatic nitrogens is 2. The van der Waals surface area contributed by atoms with Gasteiger partial charge in [-0.1, -0.05) is 11.6 Å². The van der Waals surface area contributed by atoms with Crippen LogP contribution in [-0.2, 0) is 16.0 Å². The second-order valence-electron chi connectivity index (χ2n) is 9.00. The summed E-state index contributed by atoms with van der Waals surface area (Å²) in [5, 5.41) is 5.33. The zero-order valence-corrected chi connectivity index (χ0v) is 19.9. The summed E-state index contributed by atoms with van der Waals surface area (Å²) in [6, 6.07) is 7.53. The monoisotopic (exact) mass is 457 g/mol. The van der Waals surface area contributed by atoms with Crippen LogP contribution < -0.4 is 0 Å². The molecule has 172 valence electrons. The van der Waals surface area contributed by atoms with Gasteiger partial charge in [0.1, 0.15) is 0 Å². The number of likely N-dealkylation sites (N-methyl/N-ethyl adjacent to an activating group) is 1. The highest BCUT2D eigenvalue weighted by atomic mass is 35.5. The minimum absolute atomic E-state index is 0.0404. The van der Waals surface area contributed by atoms with Gasteiger partial charge in [-0.2, -0.15) is 5.10 Å². The lowest BCUT2D eigenvalue weighted by molar-refractivity contribution is -0.141. The van der Waals surface area contributed by atoms with E-state index >= 15 is 0 Å². The van der Waals surface area contributed by atoms with Crippen LogP contribution >= 0.6 is 11.6 Å². The number of piperazine rings is 1. The number of likely N-dealkylation sites (tertiary alicyclic amines) is 1. The van der Waals surface area contributed by atoms with Gasteiger partial charge >= 0.3 is 0 Å². The molecule has 0 unspecified atom stereocenters. The van der Waals surface area contributed by atoms with Gasteiger partial charge in [0.2, 0.25) is 11.8 Å². The molecular weight excluding hydrogens is 426 g/mol. The van der Waals surface area contributed by atoms with E-state index in [9.17, 15) is 9.59 Å². The Bertz CT molecular complexity index is 971. The fourth-order valence-corrected chi connectivity index (χ4v) is 4.81. The van der Waals surface area contributed by atoms with Crippen molar-refractivity contribution in [3.63, 3.8) is 0 Å². The molecule has 0 radical (unpaired) electrons. The predicted molar refractivity (Wildman–Crippen MR) is 125 cm³/mol. The number of rotatable bonds is 4. The van der Waals surface area contributed by atoms with E-state index in [-0.39, 0.29) is 17.7 Å². The van der Waals surface area contributed by atoms with Gasteiger partial charge in [0, 0.05) is 61.5 Å².